The van der Waals surface area contributed by atoms with E-state index < -0.39 is 5.54 Å². The second-order valence-electron chi connectivity index (χ2n) is 3.44. The molecule has 0 rings (SSSR count). The lowest BCUT2D eigenvalue weighted by Crippen LogP contribution is -2.52. The van der Waals surface area contributed by atoms with Gasteiger partial charge in [-0.1, -0.05) is 27.2 Å². The third-order valence-corrected chi connectivity index (χ3v) is 2.46. The Balaban J connectivity index is 4.54. The summed E-state index contributed by atoms with van der Waals surface area (Å²) in [6.45, 7) is 9.22. The number of nitrogens with one attached hydrogen (secondary N) is 1. The van der Waals surface area contributed by atoms with Crippen molar-refractivity contribution in [2.75, 3.05) is 13.2 Å². The average Bonchev–Trinajstić information content (AvgIpc) is 2.17. The minimum absolute atomic E-state index is 0.105. The highest BCUT2D eigenvalue weighted by Gasteiger charge is 2.35. The van der Waals surface area contributed by atoms with Gasteiger partial charge in [0.2, 0.25) is 0 Å². The molecule has 0 aromatic rings. The second kappa shape index (κ2) is 6.82. The Hall–Kier alpha value is -0.570. The van der Waals surface area contributed by atoms with Crippen molar-refractivity contribution in [3.8, 4) is 0 Å². The van der Waals surface area contributed by atoms with Gasteiger partial charge in [-0.05, 0) is 26.3 Å². The minimum Gasteiger partial charge on any atom is -0.465 e. The number of rotatable bonds is 7. The van der Waals surface area contributed by atoms with Crippen LogP contribution in [0.3, 0.4) is 0 Å². The van der Waals surface area contributed by atoms with Crippen LogP contribution < -0.4 is 5.32 Å². The van der Waals surface area contributed by atoms with Crippen molar-refractivity contribution in [3.63, 3.8) is 0 Å². The number of carbonyl (C=O) groups excluding carboxylic acids is 1. The van der Waals surface area contributed by atoms with Crippen molar-refractivity contribution in [2.24, 2.45) is 0 Å². The zero-order valence-corrected chi connectivity index (χ0v) is 9.85. The number of likely N-dealkylation sites (N-methyl/N-ethyl adjacent to an activating group) is 1. The fraction of sp³-hybridized carbons (Fsp3) is 0.909. The minimum atomic E-state index is -0.459. The van der Waals surface area contributed by atoms with E-state index in [0.717, 1.165) is 25.8 Å². The van der Waals surface area contributed by atoms with E-state index in [0.29, 0.717) is 6.61 Å². The zero-order chi connectivity index (χ0) is 11.0. The molecule has 0 spiro atoms. The van der Waals surface area contributed by atoms with E-state index in [1.165, 1.54) is 0 Å². The van der Waals surface area contributed by atoms with E-state index in [1.54, 1.807) is 0 Å². The summed E-state index contributed by atoms with van der Waals surface area (Å²) in [7, 11) is 0. The van der Waals surface area contributed by atoms with E-state index >= 15 is 0 Å². The number of ether oxygens (including phenoxy) is 1. The molecule has 0 heterocycles. The first-order valence-electron chi connectivity index (χ1n) is 5.59. The molecule has 14 heavy (non-hydrogen) atoms. The summed E-state index contributed by atoms with van der Waals surface area (Å²) in [5, 5.41) is 3.26. The summed E-state index contributed by atoms with van der Waals surface area (Å²) in [4.78, 5) is 11.8. The highest BCUT2D eigenvalue weighted by atomic mass is 16.5. The van der Waals surface area contributed by atoms with Crippen molar-refractivity contribution < 1.29 is 9.53 Å². The van der Waals surface area contributed by atoms with Crippen LogP contribution in [0.5, 0.6) is 0 Å². The largest absolute Gasteiger partial charge is 0.465 e. The van der Waals surface area contributed by atoms with Crippen LogP contribution in [0.1, 0.15) is 47.0 Å². The van der Waals surface area contributed by atoms with E-state index in [1.807, 2.05) is 20.8 Å². The Bertz CT molecular complexity index is 163. The monoisotopic (exact) mass is 201 g/mol. The number of esters is 1. The fourth-order valence-electron chi connectivity index (χ4n) is 1.74. The van der Waals surface area contributed by atoms with Crippen molar-refractivity contribution in [1.82, 2.24) is 5.32 Å². The van der Waals surface area contributed by atoms with Crippen LogP contribution in [-0.4, -0.2) is 24.7 Å². The van der Waals surface area contributed by atoms with Gasteiger partial charge in [0.1, 0.15) is 5.54 Å². The summed E-state index contributed by atoms with van der Waals surface area (Å²) in [6, 6.07) is 0. The Morgan fingerprint density at radius 3 is 2.29 bits per heavy atom. The lowest BCUT2D eigenvalue weighted by Gasteiger charge is -2.30. The summed E-state index contributed by atoms with van der Waals surface area (Å²) in [5.41, 5.74) is -0.459. The van der Waals surface area contributed by atoms with Crippen molar-refractivity contribution >= 4 is 5.97 Å². The highest BCUT2D eigenvalue weighted by Crippen LogP contribution is 2.19. The molecule has 0 amide bonds. The molecule has 3 heteroatoms. The van der Waals surface area contributed by atoms with Crippen LogP contribution in [0.25, 0.3) is 0 Å². The maximum atomic E-state index is 11.8. The maximum Gasteiger partial charge on any atom is 0.326 e. The highest BCUT2D eigenvalue weighted by molar-refractivity contribution is 5.80. The number of hydrogen-bond donors (Lipinski definition) is 1. The van der Waals surface area contributed by atoms with Crippen LogP contribution in [0.15, 0.2) is 0 Å². The van der Waals surface area contributed by atoms with Crippen LogP contribution in [0, 0.1) is 0 Å². The molecule has 1 unspecified atom stereocenters. The topological polar surface area (TPSA) is 38.3 Å². The van der Waals surface area contributed by atoms with Gasteiger partial charge in [-0.15, -0.1) is 0 Å². The predicted molar refractivity (Wildman–Crippen MR) is 58.2 cm³/mol. The third kappa shape index (κ3) is 3.29. The molecule has 3 nitrogen and oxygen atoms in total. The lowest BCUT2D eigenvalue weighted by atomic mass is 9.90. The average molecular weight is 201 g/mol. The molecule has 0 bridgehead atoms. The van der Waals surface area contributed by atoms with Crippen LogP contribution in [0.2, 0.25) is 0 Å². The molecule has 0 saturated heterocycles. The predicted octanol–water partition coefficient (Wildman–Crippen LogP) is 2.11. The zero-order valence-electron chi connectivity index (χ0n) is 9.85. The first-order chi connectivity index (χ1) is 6.66. The molecule has 0 radical (unpaired) electrons. The number of hydrogen-bond acceptors (Lipinski definition) is 3. The lowest BCUT2D eigenvalue weighted by molar-refractivity contribution is -0.151. The molecule has 1 N–H and O–H groups in total. The molecule has 0 aliphatic rings. The quantitative estimate of drug-likeness (QED) is 0.641. The van der Waals surface area contributed by atoms with Gasteiger partial charge in [-0.25, -0.2) is 0 Å². The van der Waals surface area contributed by atoms with E-state index in [-0.39, 0.29) is 5.97 Å². The summed E-state index contributed by atoms with van der Waals surface area (Å²) in [6.07, 6.45) is 2.61. The number of carbonyl (C=O) groups is 1. The van der Waals surface area contributed by atoms with Gasteiger partial charge in [0, 0.05) is 0 Å². The van der Waals surface area contributed by atoms with Crippen LogP contribution in [-0.2, 0) is 9.53 Å². The Morgan fingerprint density at radius 1 is 1.29 bits per heavy atom. The van der Waals surface area contributed by atoms with Gasteiger partial charge in [-0.2, -0.15) is 0 Å². The Labute approximate surface area is 87.2 Å². The van der Waals surface area contributed by atoms with E-state index in [4.69, 9.17) is 4.74 Å². The first kappa shape index (κ1) is 13.4. The fourth-order valence-corrected chi connectivity index (χ4v) is 1.74. The van der Waals surface area contributed by atoms with Crippen LogP contribution >= 0.6 is 0 Å². The summed E-state index contributed by atoms with van der Waals surface area (Å²) >= 11 is 0. The molecule has 1 atom stereocenters. The maximum absolute atomic E-state index is 11.8. The third-order valence-electron chi connectivity index (χ3n) is 2.46. The van der Waals surface area contributed by atoms with Crippen LogP contribution in [0.4, 0.5) is 0 Å². The molecule has 0 aromatic heterocycles. The molecule has 0 aliphatic heterocycles. The molecule has 0 fully saturated rings. The van der Waals surface area contributed by atoms with Crippen molar-refractivity contribution in [3.05, 3.63) is 0 Å². The van der Waals surface area contributed by atoms with Gasteiger partial charge in [0.25, 0.3) is 0 Å². The SMILES string of the molecule is CCCC(CC)(NCC)C(=O)OCC. The molecule has 0 aromatic carbocycles. The second-order valence-corrected chi connectivity index (χ2v) is 3.44. The molecule has 0 aliphatic carbocycles. The standard InChI is InChI=1S/C11H23NO2/c1-5-9-11(6-2,12-7-3)10(13)14-8-4/h12H,5-9H2,1-4H3. The normalized spacial score (nSPS) is 14.9. The molecular weight excluding hydrogens is 178 g/mol. The molecule has 84 valence electrons. The summed E-state index contributed by atoms with van der Waals surface area (Å²) in [5.74, 6) is -0.105. The van der Waals surface area contributed by atoms with E-state index in [9.17, 15) is 4.79 Å². The Kier molecular flexibility index (Phi) is 6.54. The van der Waals surface area contributed by atoms with E-state index in [2.05, 4.69) is 12.2 Å². The Morgan fingerprint density at radius 2 is 1.93 bits per heavy atom. The van der Waals surface area contributed by atoms with Gasteiger partial charge < -0.3 is 10.1 Å². The van der Waals surface area contributed by atoms with Gasteiger partial charge >= 0.3 is 5.97 Å². The van der Waals surface area contributed by atoms with Gasteiger partial charge in [0.15, 0.2) is 0 Å². The molecular formula is C11H23NO2. The van der Waals surface area contributed by atoms with Gasteiger partial charge in [-0.3, -0.25) is 4.79 Å². The molecule has 0 saturated carbocycles. The first-order valence-corrected chi connectivity index (χ1v) is 5.59. The smallest absolute Gasteiger partial charge is 0.326 e. The van der Waals surface area contributed by atoms with Crippen molar-refractivity contribution in [2.45, 2.75) is 52.5 Å². The summed E-state index contributed by atoms with van der Waals surface area (Å²) < 4.78 is 5.10. The van der Waals surface area contributed by atoms with Gasteiger partial charge in [0.05, 0.1) is 6.61 Å². The van der Waals surface area contributed by atoms with Crippen molar-refractivity contribution in [1.29, 1.82) is 0 Å².